The highest BCUT2D eigenvalue weighted by atomic mass is 19.4. The fourth-order valence-electron chi connectivity index (χ4n) is 2.10. The maximum absolute atomic E-state index is 12.7. The molecule has 0 fully saturated rings. The van der Waals surface area contributed by atoms with Crippen molar-refractivity contribution in [2.45, 2.75) is 12.6 Å². The molecule has 0 heterocycles. The molecule has 0 saturated heterocycles. The van der Waals surface area contributed by atoms with Crippen molar-refractivity contribution in [2.75, 3.05) is 0 Å². The molecule has 114 valence electrons. The van der Waals surface area contributed by atoms with Crippen LogP contribution < -0.4 is 0 Å². The minimum Gasteiger partial charge on any atom is -0.478 e. The molecule has 2 nitrogen and oxygen atoms in total. The topological polar surface area (TPSA) is 37.3 Å². The Morgan fingerprint density at radius 3 is 2.50 bits per heavy atom. The van der Waals surface area contributed by atoms with Crippen molar-refractivity contribution in [3.8, 4) is 0 Å². The van der Waals surface area contributed by atoms with Crippen LogP contribution in [0.15, 0.2) is 54.6 Å². The lowest BCUT2D eigenvalue weighted by Crippen LogP contribution is -2.05. The molecule has 2 aromatic rings. The number of benzene rings is 2. The van der Waals surface area contributed by atoms with Crippen molar-refractivity contribution in [2.24, 2.45) is 0 Å². The predicted octanol–water partition coefficient (Wildman–Crippen LogP) is 4.39. The van der Waals surface area contributed by atoms with Crippen LogP contribution in [-0.4, -0.2) is 11.1 Å². The van der Waals surface area contributed by atoms with Gasteiger partial charge in [-0.25, -0.2) is 4.79 Å². The number of rotatable bonds is 4. The zero-order valence-electron chi connectivity index (χ0n) is 11.5. The number of alkyl halides is 3. The van der Waals surface area contributed by atoms with Crippen LogP contribution in [0.3, 0.4) is 0 Å². The smallest absolute Gasteiger partial charge is 0.416 e. The first kappa shape index (κ1) is 15.8. The Morgan fingerprint density at radius 2 is 1.82 bits per heavy atom. The number of carboxylic acid groups (broad SMARTS) is 1. The molecule has 2 rings (SSSR count). The number of hydrogen-bond donors (Lipinski definition) is 1. The second-order valence-electron chi connectivity index (χ2n) is 4.75. The van der Waals surface area contributed by atoms with E-state index in [9.17, 15) is 18.0 Å². The van der Waals surface area contributed by atoms with E-state index in [0.29, 0.717) is 17.5 Å². The highest BCUT2D eigenvalue weighted by molar-refractivity contribution is 5.85. The molecule has 0 atom stereocenters. The second-order valence-corrected chi connectivity index (χ2v) is 4.75. The van der Waals surface area contributed by atoms with Crippen LogP contribution in [0.25, 0.3) is 6.08 Å². The minimum absolute atomic E-state index is 0.296. The zero-order chi connectivity index (χ0) is 16.2. The Bertz CT molecular complexity index is 703. The van der Waals surface area contributed by atoms with Gasteiger partial charge in [-0.1, -0.05) is 42.5 Å². The lowest BCUT2D eigenvalue weighted by molar-refractivity contribution is -0.137. The maximum atomic E-state index is 12.7. The Kier molecular flexibility index (Phi) is 4.65. The molecule has 0 unspecified atom stereocenters. The first-order valence-electron chi connectivity index (χ1n) is 6.51. The highest BCUT2D eigenvalue weighted by Crippen LogP contribution is 2.30. The molecule has 0 radical (unpaired) electrons. The van der Waals surface area contributed by atoms with Gasteiger partial charge in [0.1, 0.15) is 0 Å². The van der Waals surface area contributed by atoms with Crippen LogP contribution in [0.2, 0.25) is 0 Å². The van der Waals surface area contributed by atoms with Crippen molar-refractivity contribution in [3.05, 3.63) is 76.9 Å². The van der Waals surface area contributed by atoms with Gasteiger partial charge in [-0.2, -0.15) is 13.2 Å². The molecule has 0 saturated carbocycles. The lowest BCUT2D eigenvalue weighted by Gasteiger charge is -2.10. The normalized spacial score (nSPS) is 11.8. The molecule has 5 heteroatoms. The van der Waals surface area contributed by atoms with Crippen molar-refractivity contribution in [1.29, 1.82) is 0 Å². The minimum atomic E-state index is -4.38. The monoisotopic (exact) mass is 306 g/mol. The number of carboxylic acids is 1. The van der Waals surface area contributed by atoms with Gasteiger partial charge in [0.25, 0.3) is 0 Å². The first-order chi connectivity index (χ1) is 10.4. The van der Waals surface area contributed by atoms with E-state index in [4.69, 9.17) is 5.11 Å². The number of halogens is 3. The Balaban J connectivity index is 2.30. The van der Waals surface area contributed by atoms with Gasteiger partial charge in [-0.3, -0.25) is 0 Å². The number of carbonyl (C=O) groups is 1. The third-order valence-electron chi connectivity index (χ3n) is 3.11. The van der Waals surface area contributed by atoms with Crippen LogP contribution in [-0.2, 0) is 17.4 Å². The van der Waals surface area contributed by atoms with Gasteiger partial charge in [0.15, 0.2) is 0 Å². The predicted molar refractivity (Wildman–Crippen MR) is 77.4 cm³/mol. The Hall–Kier alpha value is -2.56. The van der Waals surface area contributed by atoms with Gasteiger partial charge in [0, 0.05) is 6.08 Å². The van der Waals surface area contributed by atoms with E-state index in [1.165, 1.54) is 12.1 Å². The maximum Gasteiger partial charge on any atom is 0.416 e. The second kappa shape index (κ2) is 6.47. The van der Waals surface area contributed by atoms with E-state index in [-0.39, 0.29) is 0 Å². The molecule has 0 aliphatic rings. The SMILES string of the molecule is O=C(O)/C=C/c1ccccc1Cc1cccc(C(F)(F)F)c1. The van der Waals surface area contributed by atoms with E-state index in [2.05, 4.69) is 0 Å². The third kappa shape index (κ3) is 4.22. The van der Waals surface area contributed by atoms with Crippen LogP contribution in [0.1, 0.15) is 22.3 Å². The fourth-order valence-corrected chi connectivity index (χ4v) is 2.10. The highest BCUT2D eigenvalue weighted by Gasteiger charge is 2.30. The summed E-state index contributed by atoms with van der Waals surface area (Å²) in [6.45, 7) is 0. The van der Waals surface area contributed by atoms with Gasteiger partial charge in [-0.05, 0) is 35.3 Å². The molecule has 0 aromatic heterocycles. The summed E-state index contributed by atoms with van der Waals surface area (Å²) >= 11 is 0. The first-order valence-corrected chi connectivity index (χ1v) is 6.51. The molecule has 0 amide bonds. The average Bonchev–Trinajstić information content (AvgIpc) is 2.46. The molecule has 0 bridgehead atoms. The van der Waals surface area contributed by atoms with Crippen molar-refractivity contribution < 1.29 is 23.1 Å². The van der Waals surface area contributed by atoms with Crippen molar-refractivity contribution in [1.82, 2.24) is 0 Å². The summed E-state index contributed by atoms with van der Waals surface area (Å²) in [4.78, 5) is 10.6. The van der Waals surface area contributed by atoms with Crippen molar-refractivity contribution >= 4 is 12.0 Å². The van der Waals surface area contributed by atoms with Crippen LogP contribution in [0.5, 0.6) is 0 Å². The molecule has 0 spiro atoms. The van der Waals surface area contributed by atoms with Gasteiger partial charge >= 0.3 is 12.1 Å². The molecule has 0 aliphatic carbocycles. The standard InChI is InChI=1S/C17H13F3O2/c18-17(19,20)15-7-3-4-12(11-15)10-14-6-2-1-5-13(14)8-9-16(21)22/h1-9,11H,10H2,(H,21,22)/b9-8+. The molecular formula is C17H13F3O2. The summed E-state index contributed by atoms with van der Waals surface area (Å²) in [5.74, 6) is -1.08. The molecular weight excluding hydrogens is 293 g/mol. The van der Waals surface area contributed by atoms with E-state index in [1.54, 1.807) is 30.3 Å². The van der Waals surface area contributed by atoms with E-state index < -0.39 is 17.7 Å². The largest absolute Gasteiger partial charge is 0.478 e. The summed E-state index contributed by atoms with van der Waals surface area (Å²) in [6, 6.07) is 12.1. The Morgan fingerprint density at radius 1 is 1.09 bits per heavy atom. The number of hydrogen-bond acceptors (Lipinski definition) is 1. The quantitative estimate of drug-likeness (QED) is 0.850. The molecule has 1 N–H and O–H groups in total. The summed E-state index contributed by atoms with van der Waals surface area (Å²) in [6.07, 6.45) is -1.64. The third-order valence-corrected chi connectivity index (χ3v) is 3.11. The molecule has 2 aromatic carbocycles. The molecule has 0 aliphatic heterocycles. The lowest BCUT2D eigenvalue weighted by atomic mass is 9.98. The number of aliphatic carboxylic acids is 1. The summed E-state index contributed by atoms with van der Waals surface area (Å²) in [5, 5.41) is 8.67. The van der Waals surface area contributed by atoms with E-state index in [1.807, 2.05) is 0 Å². The zero-order valence-corrected chi connectivity index (χ0v) is 11.5. The Labute approximate surface area is 125 Å². The molecule has 22 heavy (non-hydrogen) atoms. The fraction of sp³-hybridized carbons (Fsp3) is 0.118. The van der Waals surface area contributed by atoms with Gasteiger partial charge in [0.2, 0.25) is 0 Å². The van der Waals surface area contributed by atoms with Gasteiger partial charge < -0.3 is 5.11 Å². The van der Waals surface area contributed by atoms with Crippen LogP contribution in [0, 0.1) is 0 Å². The average molecular weight is 306 g/mol. The summed E-state index contributed by atoms with van der Waals surface area (Å²) in [5.41, 5.74) is 1.26. The van der Waals surface area contributed by atoms with Crippen LogP contribution >= 0.6 is 0 Å². The van der Waals surface area contributed by atoms with Gasteiger partial charge in [0.05, 0.1) is 5.56 Å². The van der Waals surface area contributed by atoms with E-state index in [0.717, 1.165) is 23.8 Å². The summed E-state index contributed by atoms with van der Waals surface area (Å²) in [7, 11) is 0. The van der Waals surface area contributed by atoms with Crippen LogP contribution in [0.4, 0.5) is 13.2 Å². The van der Waals surface area contributed by atoms with E-state index >= 15 is 0 Å². The van der Waals surface area contributed by atoms with Crippen molar-refractivity contribution in [3.63, 3.8) is 0 Å². The summed E-state index contributed by atoms with van der Waals surface area (Å²) < 4.78 is 38.2. The van der Waals surface area contributed by atoms with Gasteiger partial charge in [-0.15, -0.1) is 0 Å².